The van der Waals surface area contributed by atoms with Crippen LogP contribution in [-0.4, -0.2) is 44.4 Å². The Morgan fingerprint density at radius 2 is 1.83 bits per heavy atom. The van der Waals surface area contributed by atoms with E-state index < -0.39 is 30.0 Å². The fraction of sp³-hybridized carbons (Fsp3) is 0.459. The van der Waals surface area contributed by atoms with Crippen LogP contribution in [0.3, 0.4) is 0 Å². The summed E-state index contributed by atoms with van der Waals surface area (Å²) in [5.41, 5.74) is 9.26. The van der Waals surface area contributed by atoms with Gasteiger partial charge in [0.25, 0.3) is 0 Å². The smallest absolute Gasteiger partial charge is 0.360 e. The molecule has 0 spiro atoms. The van der Waals surface area contributed by atoms with Crippen LogP contribution in [0.4, 0.5) is 4.79 Å². The van der Waals surface area contributed by atoms with Gasteiger partial charge < -0.3 is 24.8 Å². The highest BCUT2D eigenvalue weighted by atomic mass is 16.5. The van der Waals surface area contributed by atoms with Crippen LogP contribution in [0.2, 0.25) is 0 Å². The second-order valence-corrected chi connectivity index (χ2v) is 13.7. The molecule has 2 fully saturated rings. The van der Waals surface area contributed by atoms with Crippen molar-refractivity contribution in [1.29, 1.82) is 0 Å². The summed E-state index contributed by atoms with van der Waals surface area (Å²) in [7, 11) is 1.96. The lowest BCUT2D eigenvalue weighted by Gasteiger charge is -2.33. The van der Waals surface area contributed by atoms with Gasteiger partial charge in [0.05, 0.1) is 6.04 Å². The number of rotatable bonds is 11. The van der Waals surface area contributed by atoms with E-state index in [9.17, 15) is 14.4 Å². The SMILES string of the molecule is Cc1oc([C@@H](Cc2cn(C)c3ccccc23)N(C(=O)NC2CC3CCC2C3)C(=O)[C@@H](N)CC(C)C)nc1C(=O)OCc1ccccc1. The highest BCUT2D eigenvalue weighted by molar-refractivity contribution is 5.98. The van der Waals surface area contributed by atoms with Gasteiger partial charge in [-0.2, -0.15) is 0 Å². The predicted molar refractivity (Wildman–Crippen MR) is 178 cm³/mol. The third kappa shape index (κ3) is 6.98. The lowest BCUT2D eigenvalue weighted by atomic mass is 9.95. The molecule has 10 nitrogen and oxygen atoms in total. The first-order valence-corrected chi connectivity index (χ1v) is 16.7. The standard InChI is InChI=1S/C37H45N5O5/c1-22(2)16-29(38)35(43)42(37(45)39-30-18-25-14-15-26(30)17-25)32(19-27-20-41(4)31-13-9-8-12-28(27)31)34-40-33(23(3)47-34)36(44)46-21-24-10-6-5-7-11-24/h5-13,20,22,25-26,29-30,32H,14-19,21,38H2,1-4H3,(H,39,45)/t25?,26?,29-,30?,32+/m0/s1. The van der Waals surface area contributed by atoms with E-state index in [0.717, 1.165) is 41.3 Å². The molecule has 2 aliphatic rings. The maximum Gasteiger partial charge on any atom is 0.360 e. The average Bonchev–Trinajstić information content (AvgIpc) is 3.84. The lowest BCUT2D eigenvalue weighted by molar-refractivity contribution is -0.132. The fourth-order valence-corrected chi connectivity index (χ4v) is 7.46. The predicted octanol–water partition coefficient (Wildman–Crippen LogP) is 6.22. The minimum Gasteiger partial charge on any atom is -0.456 e. The molecule has 3 amide bonds. The Balaban J connectivity index is 1.38. The summed E-state index contributed by atoms with van der Waals surface area (Å²) < 4.78 is 13.8. The summed E-state index contributed by atoms with van der Waals surface area (Å²) in [5.74, 6) is 0.305. The van der Waals surface area contributed by atoms with Gasteiger partial charge in [0.15, 0.2) is 5.69 Å². The quantitative estimate of drug-likeness (QED) is 0.186. The highest BCUT2D eigenvalue weighted by Crippen LogP contribution is 2.44. The molecule has 0 radical (unpaired) electrons. The number of aryl methyl sites for hydroxylation is 2. The van der Waals surface area contributed by atoms with Crippen LogP contribution in [0.25, 0.3) is 10.9 Å². The minimum atomic E-state index is -0.973. The van der Waals surface area contributed by atoms with Crippen LogP contribution in [0.15, 0.2) is 65.2 Å². The molecule has 2 aliphatic carbocycles. The van der Waals surface area contributed by atoms with E-state index in [1.807, 2.05) is 86.3 Å². The number of esters is 1. The van der Waals surface area contributed by atoms with Crippen molar-refractivity contribution in [3.63, 3.8) is 0 Å². The number of hydrogen-bond acceptors (Lipinski definition) is 7. The van der Waals surface area contributed by atoms with Crippen molar-refractivity contribution in [2.24, 2.45) is 30.5 Å². The maximum absolute atomic E-state index is 14.3. The van der Waals surface area contributed by atoms with Gasteiger partial charge >= 0.3 is 12.0 Å². The number of urea groups is 1. The molecule has 2 heterocycles. The maximum atomic E-state index is 14.3. The van der Waals surface area contributed by atoms with Gasteiger partial charge in [0.2, 0.25) is 11.8 Å². The summed E-state index contributed by atoms with van der Waals surface area (Å²) in [5, 5.41) is 4.19. The molecule has 4 aromatic rings. The molecule has 3 unspecified atom stereocenters. The lowest BCUT2D eigenvalue weighted by Crippen LogP contribution is -2.55. The van der Waals surface area contributed by atoms with Crippen LogP contribution in [-0.2, 0) is 29.6 Å². The van der Waals surface area contributed by atoms with E-state index >= 15 is 0 Å². The first-order valence-electron chi connectivity index (χ1n) is 16.7. The number of carbonyl (C=O) groups excluding carboxylic acids is 3. The number of amides is 3. The number of benzene rings is 2. The Bertz CT molecular complexity index is 1740. The highest BCUT2D eigenvalue weighted by Gasteiger charge is 2.44. The zero-order valence-corrected chi connectivity index (χ0v) is 27.6. The molecule has 3 N–H and O–H groups in total. The summed E-state index contributed by atoms with van der Waals surface area (Å²) in [6.45, 7) is 5.69. The van der Waals surface area contributed by atoms with Crippen LogP contribution in [0.1, 0.15) is 85.3 Å². The third-order valence-corrected chi connectivity index (χ3v) is 9.75. The van der Waals surface area contributed by atoms with Gasteiger partial charge in [-0.1, -0.05) is 68.8 Å². The van der Waals surface area contributed by atoms with Crippen molar-refractivity contribution < 1.29 is 23.5 Å². The first kappa shape index (κ1) is 32.5. The number of carbonyl (C=O) groups is 3. The molecule has 248 valence electrons. The minimum absolute atomic E-state index is 0.00578. The zero-order valence-electron chi connectivity index (χ0n) is 27.6. The number of aromatic nitrogens is 2. The molecule has 2 bridgehead atoms. The number of nitrogens with zero attached hydrogens (tertiary/aromatic N) is 3. The second-order valence-electron chi connectivity index (χ2n) is 13.7. The van der Waals surface area contributed by atoms with E-state index in [1.54, 1.807) is 6.92 Å². The molecule has 0 saturated heterocycles. The normalized spacial score (nSPS) is 20.0. The van der Waals surface area contributed by atoms with Gasteiger partial charge in [-0.15, -0.1) is 0 Å². The van der Waals surface area contributed by atoms with E-state index in [2.05, 4.69) is 10.3 Å². The Labute approximate surface area is 275 Å². The van der Waals surface area contributed by atoms with Crippen molar-refractivity contribution in [3.05, 3.63) is 89.3 Å². The van der Waals surface area contributed by atoms with Crippen LogP contribution in [0, 0.1) is 24.7 Å². The summed E-state index contributed by atoms with van der Waals surface area (Å²) in [6.07, 6.45) is 6.86. The number of hydrogen-bond donors (Lipinski definition) is 2. The molecule has 5 atom stereocenters. The first-order chi connectivity index (χ1) is 22.6. The third-order valence-electron chi connectivity index (χ3n) is 9.75. The number of fused-ring (bicyclic) bond motifs is 3. The van der Waals surface area contributed by atoms with E-state index in [4.69, 9.17) is 14.9 Å². The van der Waals surface area contributed by atoms with E-state index in [1.165, 1.54) is 11.3 Å². The molecule has 2 aromatic heterocycles. The molecule has 2 aromatic carbocycles. The van der Waals surface area contributed by atoms with Crippen LogP contribution < -0.4 is 11.1 Å². The van der Waals surface area contributed by atoms with Crippen molar-refractivity contribution >= 4 is 28.8 Å². The van der Waals surface area contributed by atoms with Crippen molar-refractivity contribution in [2.45, 2.75) is 84.0 Å². The molecule has 47 heavy (non-hydrogen) atoms. The van der Waals surface area contributed by atoms with Crippen molar-refractivity contribution in [3.8, 4) is 0 Å². The summed E-state index contributed by atoms with van der Waals surface area (Å²) in [6, 6.07) is 14.9. The Kier molecular flexibility index (Phi) is 9.50. The molecule has 10 heteroatoms. The van der Waals surface area contributed by atoms with Crippen molar-refractivity contribution in [1.82, 2.24) is 19.8 Å². The molecule has 2 saturated carbocycles. The largest absolute Gasteiger partial charge is 0.456 e. The number of nitrogens with two attached hydrogens (primary N) is 1. The average molecular weight is 640 g/mol. The van der Waals surface area contributed by atoms with Gasteiger partial charge in [-0.3, -0.25) is 9.69 Å². The molecular weight excluding hydrogens is 594 g/mol. The van der Waals surface area contributed by atoms with Gasteiger partial charge in [0, 0.05) is 36.6 Å². The molecule has 6 rings (SSSR count). The second kappa shape index (κ2) is 13.7. The van der Waals surface area contributed by atoms with Crippen LogP contribution >= 0.6 is 0 Å². The van der Waals surface area contributed by atoms with E-state index in [0.29, 0.717) is 18.3 Å². The van der Waals surface area contributed by atoms with Gasteiger partial charge in [-0.25, -0.2) is 14.6 Å². The number of para-hydroxylation sites is 1. The van der Waals surface area contributed by atoms with E-state index in [-0.39, 0.29) is 42.3 Å². The van der Waals surface area contributed by atoms with Crippen molar-refractivity contribution in [2.75, 3.05) is 0 Å². The Morgan fingerprint density at radius 3 is 2.53 bits per heavy atom. The number of nitrogens with one attached hydrogen (secondary N) is 1. The zero-order chi connectivity index (χ0) is 33.2. The van der Waals surface area contributed by atoms with Crippen LogP contribution in [0.5, 0.6) is 0 Å². The number of imide groups is 1. The van der Waals surface area contributed by atoms with Gasteiger partial charge in [0.1, 0.15) is 18.4 Å². The Hall–Kier alpha value is -4.44. The monoisotopic (exact) mass is 639 g/mol. The Morgan fingerprint density at radius 1 is 1.09 bits per heavy atom. The number of oxazole rings is 1. The molecule has 0 aliphatic heterocycles. The molecular formula is C37H45N5O5. The number of ether oxygens (including phenoxy) is 1. The fourth-order valence-electron chi connectivity index (χ4n) is 7.46. The summed E-state index contributed by atoms with van der Waals surface area (Å²) in [4.78, 5) is 47.7. The van der Waals surface area contributed by atoms with Gasteiger partial charge in [-0.05, 0) is 67.6 Å². The summed E-state index contributed by atoms with van der Waals surface area (Å²) >= 11 is 0. The topological polar surface area (TPSA) is 133 Å².